The molecule has 0 spiro atoms. The Morgan fingerprint density at radius 3 is 2.65 bits per heavy atom. The van der Waals surface area contributed by atoms with Crippen LogP contribution in [0.25, 0.3) is 0 Å². The van der Waals surface area contributed by atoms with Crippen molar-refractivity contribution in [1.29, 1.82) is 5.26 Å². The van der Waals surface area contributed by atoms with Crippen molar-refractivity contribution in [1.82, 2.24) is 5.01 Å². The van der Waals surface area contributed by atoms with Crippen LogP contribution in [-0.2, 0) is 0 Å². The number of carbonyl (C=O) groups excluding carboxylic acids is 1. The summed E-state index contributed by atoms with van der Waals surface area (Å²) in [5.41, 5.74) is 2.78. The lowest BCUT2D eigenvalue weighted by atomic mass is 9.91. The number of rotatable bonds is 2. The molecule has 2 aromatic rings. The third kappa shape index (κ3) is 2.13. The van der Waals surface area contributed by atoms with E-state index in [-0.39, 0.29) is 23.8 Å². The van der Waals surface area contributed by atoms with Gasteiger partial charge in [-0.25, -0.2) is 0 Å². The number of fused-ring (bicyclic) bond motifs is 3. The molecule has 0 aromatic heterocycles. The lowest BCUT2D eigenvalue weighted by Gasteiger charge is -2.31. The number of nitrogens with zero attached hydrogens (tertiary/aromatic N) is 3. The Hall–Kier alpha value is -2.93. The highest BCUT2D eigenvalue weighted by Gasteiger charge is 2.46. The molecule has 4 nitrogen and oxygen atoms in total. The summed E-state index contributed by atoms with van der Waals surface area (Å²) in [5, 5.41) is 15.9. The number of carbonyl (C=O) groups is 1. The van der Waals surface area contributed by atoms with Gasteiger partial charge in [-0.1, -0.05) is 54.6 Å². The SMILES string of the molecule is N#C[C@H]1C[C@@H](C(=O)c2ccccc2)N2N=Cc3ccccc3[C@@H]12. The van der Waals surface area contributed by atoms with Gasteiger partial charge in [0, 0.05) is 5.56 Å². The van der Waals surface area contributed by atoms with Crippen LogP contribution < -0.4 is 0 Å². The van der Waals surface area contributed by atoms with E-state index < -0.39 is 0 Å². The van der Waals surface area contributed by atoms with Crippen LogP contribution in [-0.4, -0.2) is 23.0 Å². The van der Waals surface area contributed by atoms with Gasteiger partial charge >= 0.3 is 0 Å². The summed E-state index contributed by atoms with van der Waals surface area (Å²) in [6, 6.07) is 19.0. The molecule has 0 radical (unpaired) electrons. The van der Waals surface area contributed by atoms with Crippen LogP contribution in [0.1, 0.15) is 33.9 Å². The molecule has 23 heavy (non-hydrogen) atoms. The third-order valence-electron chi connectivity index (χ3n) is 4.63. The zero-order chi connectivity index (χ0) is 15.8. The van der Waals surface area contributed by atoms with Gasteiger partial charge in [0.1, 0.15) is 6.04 Å². The maximum atomic E-state index is 12.9. The first-order valence-electron chi connectivity index (χ1n) is 7.69. The minimum atomic E-state index is -0.378. The zero-order valence-corrected chi connectivity index (χ0v) is 12.5. The van der Waals surface area contributed by atoms with E-state index >= 15 is 0 Å². The molecule has 112 valence electrons. The van der Waals surface area contributed by atoms with Crippen LogP contribution in [0.4, 0.5) is 0 Å². The van der Waals surface area contributed by atoms with Crippen molar-refractivity contribution in [2.24, 2.45) is 11.0 Å². The van der Waals surface area contributed by atoms with Crippen LogP contribution in [0.2, 0.25) is 0 Å². The van der Waals surface area contributed by atoms with Crippen molar-refractivity contribution in [3.63, 3.8) is 0 Å². The van der Waals surface area contributed by atoms with Crippen molar-refractivity contribution in [2.75, 3.05) is 0 Å². The van der Waals surface area contributed by atoms with Crippen LogP contribution in [0.3, 0.4) is 0 Å². The molecule has 0 bridgehead atoms. The molecule has 0 aliphatic carbocycles. The molecule has 2 aliphatic heterocycles. The maximum Gasteiger partial charge on any atom is 0.186 e. The summed E-state index contributed by atoms with van der Waals surface area (Å²) in [6.45, 7) is 0. The van der Waals surface area contributed by atoms with Crippen LogP contribution >= 0.6 is 0 Å². The molecule has 4 rings (SSSR count). The molecule has 1 saturated heterocycles. The normalized spacial score (nSPS) is 24.7. The second-order valence-corrected chi connectivity index (χ2v) is 5.92. The molecule has 4 heteroatoms. The lowest BCUT2D eigenvalue weighted by molar-refractivity contribution is 0.0834. The van der Waals surface area contributed by atoms with Gasteiger partial charge in [0.25, 0.3) is 0 Å². The van der Waals surface area contributed by atoms with E-state index in [9.17, 15) is 10.1 Å². The number of ketones is 1. The van der Waals surface area contributed by atoms with E-state index in [2.05, 4.69) is 11.2 Å². The minimum Gasteiger partial charge on any atom is -0.292 e. The number of hydrogen-bond acceptors (Lipinski definition) is 4. The number of hydrogen-bond donors (Lipinski definition) is 0. The van der Waals surface area contributed by atoms with E-state index in [4.69, 9.17) is 0 Å². The zero-order valence-electron chi connectivity index (χ0n) is 12.5. The highest BCUT2D eigenvalue weighted by Crippen LogP contribution is 2.44. The Morgan fingerprint density at radius 1 is 1.13 bits per heavy atom. The predicted octanol–water partition coefficient (Wildman–Crippen LogP) is 3.17. The molecule has 0 saturated carbocycles. The fourth-order valence-electron chi connectivity index (χ4n) is 3.54. The standard InChI is InChI=1S/C19H15N3O/c20-11-15-10-17(19(23)13-6-2-1-3-7-13)22-18(15)16-9-5-4-8-14(16)12-21-22/h1-9,12,15,17-18H,10H2/t15-,17+,18-/m1/s1. The fourth-order valence-corrected chi connectivity index (χ4v) is 3.54. The Morgan fingerprint density at radius 2 is 1.87 bits per heavy atom. The van der Waals surface area contributed by atoms with E-state index in [0.29, 0.717) is 12.0 Å². The first-order chi connectivity index (χ1) is 11.3. The molecule has 0 N–H and O–H groups in total. The second-order valence-electron chi connectivity index (χ2n) is 5.92. The molecule has 0 unspecified atom stereocenters. The van der Waals surface area contributed by atoms with Gasteiger partial charge in [0.2, 0.25) is 0 Å². The van der Waals surface area contributed by atoms with E-state index in [1.165, 1.54) is 0 Å². The van der Waals surface area contributed by atoms with E-state index in [1.807, 2.05) is 59.6 Å². The summed E-state index contributed by atoms with van der Waals surface area (Å²) in [6.07, 6.45) is 2.30. The van der Waals surface area contributed by atoms with Gasteiger partial charge in [-0.15, -0.1) is 0 Å². The maximum absolute atomic E-state index is 12.9. The van der Waals surface area contributed by atoms with Gasteiger partial charge in [-0.2, -0.15) is 10.4 Å². The smallest absolute Gasteiger partial charge is 0.186 e. The number of Topliss-reactive ketones (excluding diaryl/α,β-unsaturated/α-hetero) is 1. The lowest BCUT2D eigenvalue weighted by Crippen LogP contribution is -2.36. The number of nitriles is 1. The van der Waals surface area contributed by atoms with Gasteiger partial charge in [0.05, 0.1) is 24.2 Å². The minimum absolute atomic E-state index is 0.0323. The summed E-state index contributed by atoms with van der Waals surface area (Å²) in [5.74, 6) is -0.198. The van der Waals surface area contributed by atoms with Gasteiger partial charge < -0.3 is 0 Å². The number of hydrazone groups is 1. The topological polar surface area (TPSA) is 56.5 Å². The molecule has 2 heterocycles. The summed E-state index contributed by atoms with van der Waals surface area (Å²) in [7, 11) is 0. The van der Waals surface area contributed by atoms with Crippen LogP contribution in [0.15, 0.2) is 59.7 Å². The summed E-state index contributed by atoms with van der Waals surface area (Å²) >= 11 is 0. The predicted molar refractivity (Wildman–Crippen MR) is 86.9 cm³/mol. The average molecular weight is 301 g/mol. The molecular formula is C19H15N3O. The van der Waals surface area contributed by atoms with Crippen molar-refractivity contribution in [3.8, 4) is 6.07 Å². The van der Waals surface area contributed by atoms with Crippen molar-refractivity contribution in [2.45, 2.75) is 18.5 Å². The Balaban J connectivity index is 1.74. The molecule has 0 amide bonds. The van der Waals surface area contributed by atoms with Gasteiger partial charge in [-0.3, -0.25) is 9.80 Å². The summed E-state index contributed by atoms with van der Waals surface area (Å²) in [4.78, 5) is 12.9. The first-order valence-corrected chi connectivity index (χ1v) is 7.69. The Bertz CT molecular complexity index is 822. The number of benzene rings is 2. The molecule has 2 aliphatic rings. The second kappa shape index (κ2) is 5.36. The fraction of sp³-hybridized carbons (Fsp3) is 0.211. The van der Waals surface area contributed by atoms with Gasteiger partial charge in [-0.05, 0) is 17.5 Å². The molecule has 2 aromatic carbocycles. The van der Waals surface area contributed by atoms with Crippen molar-refractivity contribution in [3.05, 3.63) is 71.3 Å². The quantitative estimate of drug-likeness (QED) is 0.801. The third-order valence-corrected chi connectivity index (χ3v) is 4.63. The monoisotopic (exact) mass is 301 g/mol. The Labute approximate surface area is 134 Å². The highest BCUT2D eigenvalue weighted by atomic mass is 16.1. The van der Waals surface area contributed by atoms with E-state index in [1.54, 1.807) is 6.21 Å². The van der Waals surface area contributed by atoms with Crippen molar-refractivity contribution >= 4 is 12.0 Å². The molecular weight excluding hydrogens is 286 g/mol. The average Bonchev–Trinajstić information content (AvgIpc) is 3.01. The van der Waals surface area contributed by atoms with Gasteiger partial charge in [0.15, 0.2) is 5.78 Å². The highest BCUT2D eigenvalue weighted by molar-refractivity contribution is 6.00. The van der Waals surface area contributed by atoms with E-state index in [0.717, 1.165) is 11.1 Å². The molecule has 1 fully saturated rings. The van der Waals surface area contributed by atoms with Crippen LogP contribution in [0, 0.1) is 17.2 Å². The largest absolute Gasteiger partial charge is 0.292 e. The first kappa shape index (κ1) is 13.7. The van der Waals surface area contributed by atoms with Crippen molar-refractivity contribution < 1.29 is 4.79 Å². The molecule has 3 atom stereocenters. The Kier molecular flexibility index (Phi) is 3.20. The summed E-state index contributed by atoms with van der Waals surface area (Å²) < 4.78 is 0. The van der Waals surface area contributed by atoms with Crippen LogP contribution in [0.5, 0.6) is 0 Å².